The van der Waals surface area contributed by atoms with Crippen LogP contribution in [0.3, 0.4) is 0 Å². The number of pyridine rings is 2. The monoisotopic (exact) mass is 724 g/mol. The minimum Gasteiger partial charge on any atom is -0.496 e. The van der Waals surface area contributed by atoms with Crippen LogP contribution in [0.1, 0.15) is 37.7 Å². The van der Waals surface area contributed by atoms with E-state index in [0.29, 0.717) is 48.8 Å². The quantitative estimate of drug-likeness (QED) is 0.231. The first-order valence-corrected chi connectivity index (χ1v) is 18.0. The number of nitrogens with one attached hydrogen (secondary N) is 2. The normalized spacial score (nSPS) is 17.5. The van der Waals surface area contributed by atoms with Crippen molar-refractivity contribution in [3.05, 3.63) is 77.0 Å². The summed E-state index contributed by atoms with van der Waals surface area (Å²) >= 11 is 0. The van der Waals surface area contributed by atoms with Gasteiger partial charge in [-0.05, 0) is 73.5 Å². The number of likely N-dealkylation sites (tertiary alicyclic amines) is 2. The van der Waals surface area contributed by atoms with Crippen LogP contribution in [0, 0.1) is 0 Å². The number of methoxy groups -OCH3 is 2. The molecule has 5 heterocycles. The molecule has 14 heteroatoms. The van der Waals surface area contributed by atoms with E-state index >= 15 is 0 Å². The lowest BCUT2D eigenvalue weighted by Gasteiger charge is -2.37. The maximum atomic E-state index is 12.9. The molecule has 0 aliphatic carbocycles. The third kappa shape index (κ3) is 8.13. The maximum absolute atomic E-state index is 12.9. The van der Waals surface area contributed by atoms with Gasteiger partial charge in [0.1, 0.15) is 17.2 Å². The second-order valence-corrected chi connectivity index (χ2v) is 13.5. The van der Waals surface area contributed by atoms with Gasteiger partial charge in [-0.3, -0.25) is 34.5 Å². The lowest BCUT2D eigenvalue weighted by Crippen LogP contribution is -2.49. The molecule has 0 saturated carbocycles. The topological polar surface area (TPSA) is 156 Å². The first-order chi connectivity index (χ1) is 25.8. The highest BCUT2D eigenvalue weighted by Gasteiger charge is 2.29. The summed E-state index contributed by atoms with van der Waals surface area (Å²) in [7, 11) is 3.31. The minimum absolute atomic E-state index is 0.0663. The van der Waals surface area contributed by atoms with E-state index in [1.54, 1.807) is 57.1 Å². The molecule has 0 bridgehead atoms. The van der Waals surface area contributed by atoms with Crippen LogP contribution in [-0.4, -0.2) is 103 Å². The van der Waals surface area contributed by atoms with Crippen molar-refractivity contribution in [2.24, 2.45) is 0 Å². The van der Waals surface area contributed by atoms with Crippen LogP contribution in [-0.2, 0) is 20.9 Å². The van der Waals surface area contributed by atoms with Gasteiger partial charge in [0.2, 0.25) is 5.91 Å². The molecule has 0 atom stereocenters. The summed E-state index contributed by atoms with van der Waals surface area (Å²) in [5.74, 6) is 1.63. The number of carbonyl (C=O) groups excluding carboxylic acids is 3. The van der Waals surface area contributed by atoms with Crippen molar-refractivity contribution >= 4 is 34.3 Å². The fraction of sp³-hybridized carbons (Fsp3) is 0.410. The molecule has 4 aromatic rings. The molecule has 3 saturated heterocycles. The predicted molar refractivity (Wildman–Crippen MR) is 197 cm³/mol. The van der Waals surface area contributed by atoms with Crippen LogP contribution in [0.15, 0.2) is 65.8 Å². The fourth-order valence-electron chi connectivity index (χ4n) is 7.35. The van der Waals surface area contributed by atoms with E-state index in [0.717, 1.165) is 66.6 Å². The summed E-state index contributed by atoms with van der Waals surface area (Å²) in [5, 5.41) is 3.61. The number of fused-ring (bicyclic) bond motifs is 1. The number of aromatic nitrogens is 2. The molecule has 0 radical (unpaired) electrons. The number of piperidine rings is 2. The molecule has 0 spiro atoms. The molecule has 0 unspecified atom stereocenters. The molecule has 3 fully saturated rings. The molecule has 53 heavy (non-hydrogen) atoms. The molecule has 2 aromatic carbocycles. The summed E-state index contributed by atoms with van der Waals surface area (Å²) in [5.41, 5.74) is 3.14. The fourth-order valence-corrected chi connectivity index (χ4v) is 7.35. The molecule has 2 N–H and O–H groups in total. The number of hydrogen-bond acceptors (Lipinski definition) is 10. The van der Waals surface area contributed by atoms with E-state index in [-0.39, 0.29) is 42.6 Å². The number of imide groups is 1. The summed E-state index contributed by atoms with van der Waals surface area (Å²) in [6, 6.07) is 12.3. The highest BCUT2D eigenvalue weighted by Crippen LogP contribution is 2.39. The Labute approximate surface area is 307 Å². The van der Waals surface area contributed by atoms with Crippen molar-refractivity contribution in [2.45, 2.75) is 50.9 Å². The Bertz CT molecular complexity index is 2020. The third-order valence-corrected chi connectivity index (χ3v) is 10.3. The number of aromatic amines is 1. The number of rotatable bonds is 11. The zero-order valence-electron chi connectivity index (χ0n) is 30.0. The minimum atomic E-state index is -0.443. The molecule has 4 amide bonds. The van der Waals surface area contributed by atoms with Crippen molar-refractivity contribution in [3.63, 3.8) is 0 Å². The van der Waals surface area contributed by atoms with Gasteiger partial charge >= 0.3 is 6.03 Å². The van der Waals surface area contributed by atoms with Gasteiger partial charge in [0.15, 0.2) is 6.61 Å². The number of urea groups is 1. The SMILES string of the molecule is COc1cc(-c2c[nH]c(=O)c3cnccc23)c(OC)cc1CN1CCC(OC2CCN(C(=O)COc3ccc(N4CCC(=O)NC4=O)cc3)CC2)CC1. The van der Waals surface area contributed by atoms with E-state index in [4.69, 9.17) is 18.9 Å². The van der Waals surface area contributed by atoms with Gasteiger partial charge in [0.05, 0.1) is 31.8 Å². The smallest absolute Gasteiger partial charge is 0.328 e. The second kappa shape index (κ2) is 16.0. The molecule has 7 rings (SSSR count). The Morgan fingerprint density at radius 1 is 0.849 bits per heavy atom. The summed E-state index contributed by atoms with van der Waals surface area (Å²) in [4.78, 5) is 61.5. The Kier molecular flexibility index (Phi) is 10.9. The first kappa shape index (κ1) is 35.9. The van der Waals surface area contributed by atoms with Gasteiger partial charge in [-0.1, -0.05) is 0 Å². The van der Waals surface area contributed by atoms with Gasteiger partial charge in [0.25, 0.3) is 11.5 Å². The Balaban J connectivity index is 0.864. The van der Waals surface area contributed by atoms with Crippen LogP contribution in [0.2, 0.25) is 0 Å². The lowest BCUT2D eigenvalue weighted by atomic mass is 9.98. The van der Waals surface area contributed by atoms with Crippen LogP contribution in [0.5, 0.6) is 17.2 Å². The van der Waals surface area contributed by atoms with Crippen LogP contribution < -0.4 is 30.0 Å². The number of carbonyl (C=O) groups is 3. The first-order valence-electron chi connectivity index (χ1n) is 18.0. The second-order valence-electron chi connectivity index (χ2n) is 13.5. The molecular formula is C39H44N6O8. The van der Waals surface area contributed by atoms with Gasteiger partial charge in [-0.25, -0.2) is 4.79 Å². The van der Waals surface area contributed by atoms with Crippen molar-refractivity contribution in [3.8, 4) is 28.4 Å². The molecule has 278 valence electrons. The van der Waals surface area contributed by atoms with Crippen molar-refractivity contribution in [2.75, 3.05) is 58.5 Å². The van der Waals surface area contributed by atoms with E-state index in [2.05, 4.69) is 20.2 Å². The third-order valence-electron chi connectivity index (χ3n) is 10.3. The van der Waals surface area contributed by atoms with Crippen molar-refractivity contribution in [1.82, 2.24) is 25.1 Å². The van der Waals surface area contributed by atoms with E-state index in [1.165, 1.54) is 4.90 Å². The average Bonchev–Trinajstić information content (AvgIpc) is 3.18. The molecule has 2 aromatic heterocycles. The molecule has 14 nitrogen and oxygen atoms in total. The van der Waals surface area contributed by atoms with E-state index in [1.807, 2.05) is 23.1 Å². The average molecular weight is 725 g/mol. The molecule has 3 aliphatic rings. The number of benzene rings is 2. The number of ether oxygens (including phenoxy) is 4. The van der Waals surface area contributed by atoms with Crippen LogP contribution in [0.4, 0.5) is 10.5 Å². The van der Waals surface area contributed by atoms with Crippen LogP contribution in [0.25, 0.3) is 21.9 Å². The van der Waals surface area contributed by atoms with Gasteiger partial charge in [-0.15, -0.1) is 0 Å². The lowest BCUT2D eigenvalue weighted by molar-refractivity contribution is -0.137. The zero-order chi connectivity index (χ0) is 36.9. The standard InChI is InChI=1S/C39H44N6O8/c1-50-34-20-31(32-22-41-38(48)33-21-40-13-7-30(32)33)35(51-2)19-25(34)23-43-14-8-28(9-15-43)53-29-10-16-44(17-11-29)37(47)24-52-27-5-3-26(4-6-27)45-18-12-36(46)42-39(45)49/h3-7,13,19-22,28-29H,8-12,14-18,23-24H2,1-2H3,(H,41,48)(H,42,46,49). The Hall–Kier alpha value is -5.47. The summed E-state index contributed by atoms with van der Waals surface area (Å²) < 4.78 is 24.0. The number of anilines is 1. The van der Waals surface area contributed by atoms with E-state index in [9.17, 15) is 19.2 Å². The number of nitrogens with zero attached hydrogens (tertiary/aromatic N) is 4. The number of hydrogen-bond donors (Lipinski definition) is 2. The summed E-state index contributed by atoms with van der Waals surface area (Å²) in [6.07, 6.45) is 8.89. The number of H-pyrrole nitrogens is 1. The van der Waals surface area contributed by atoms with Gasteiger partial charge in [0, 0.05) is 86.7 Å². The Morgan fingerprint density at radius 2 is 1.57 bits per heavy atom. The van der Waals surface area contributed by atoms with Crippen molar-refractivity contribution < 1.29 is 33.3 Å². The van der Waals surface area contributed by atoms with Gasteiger partial charge < -0.3 is 28.8 Å². The maximum Gasteiger partial charge on any atom is 0.328 e. The summed E-state index contributed by atoms with van der Waals surface area (Å²) in [6.45, 7) is 3.97. The Morgan fingerprint density at radius 3 is 2.26 bits per heavy atom. The largest absolute Gasteiger partial charge is 0.496 e. The van der Waals surface area contributed by atoms with E-state index < -0.39 is 6.03 Å². The van der Waals surface area contributed by atoms with Crippen molar-refractivity contribution in [1.29, 1.82) is 0 Å². The van der Waals surface area contributed by atoms with Gasteiger partial charge in [-0.2, -0.15) is 0 Å². The highest BCUT2D eigenvalue weighted by molar-refractivity contribution is 6.05. The number of amides is 4. The highest BCUT2D eigenvalue weighted by atomic mass is 16.5. The molecular weight excluding hydrogens is 680 g/mol. The molecule has 3 aliphatic heterocycles. The van der Waals surface area contributed by atoms with Crippen LogP contribution >= 0.6 is 0 Å². The zero-order valence-corrected chi connectivity index (χ0v) is 30.0. The predicted octanol–water partition coefficient (Wildman–Crippen LogP) is 4.10.